The van der Waals surface area contributed by atoms with Crippen LogP contribution in [0.25, 0.3) is 0 Å². The van der Waals surface area contributed by atoms with Crippen molar-refractivity contribution in [1.82, 2.24) is 0 Å². The summed E-state index contributed by atoms with van der Waals surface area (Å²) in [6.07, 6.45) is 1.11. The van der Waals surface area contributed by atoms with Gasteiger partial charge in [0.25, 0.3) is 0 Å². The highest BCUT2D eigenvalue weighted by Crippen LogP contribution is 2.11. The Kier molecular flexibility index (Phi) is 7.31. The molecule has 0 aliphatic carbocycles. The van der Waals surface area contributed by atoms with Gasteiger partial charge in [-0.15, -0.1) is 0 Å². The van der Waals surface area contributed by atoms with Crippen molar-refractivity contribution >= 4 is 5.97 Å². The van der Waals surface area contributed by atoms with E-state index in [-0.39, 0.29) is 6.61 Å². The van der Waals surface area contributed by atoms with Crippen molar-refractivity contribution in [1.29, 1.82) is 0 Å². The second-order valence-electron chi connectivity index (χ2n) is 3.70. The number of benzene rings is 1. The Hall–Kier alpha value is -1.85. The van der Waals surface area contributed by atoms with Crippen LogP contribution in [0.2, 0.25) is 0 Å². The third-order valence-corrected chi connectivity index (χ3v) is 2.13. The van der Waals surface area contributed by atoms with Crippen LogP contribution >= 0.6 is 0 Å². The first-order valence-corrected chi connectivity index (χ1v) is 5.95. The first kappa shape index (κ1) is 15.2. The molecule has 0 heterocycles. The van der Waals surface area contributed by atoms with Crippen LogP contribution in [0.1, 0.15) is 5.56 Å². The number of carbonyl (C=O) groups is 1. The molecule has 0 radical (unpaired) electrons. The molecule has 0 aromatic heterocycles. The molecule has 104 valence electrons. The van der Waals surface area contributed by atoms with Crippen LogP contribution in [-0.4, -0.2) is 32.4 Å². The standard InChI is InChI=1S/C14H18O5/c1-3-14(15)17-10-8-16-9-11-18-19-13-6-4-12(2)5-7-13/h3-7H,1,8-11H2,2H3. The molecule has 0 amide bonds. The van der Waals surface area contributed by atoms with Crippen molar-refractivity contribution in [3.05, 3.63) is 42.5 Å². The van der Waals surface area contributed by atoms with Gasteiger partial charge in [-0.05, 0) is 19.1 Å². The Labute approximate surface area is 112 Å². The Balaban J connectivity index is 1.95. The molecule has 0 atom stereocenters. The van der Waals surface area contributed by atoms with Gasteiger partial charge in [0.2, 0.25) is 0 Å². The average molecular weight is 266 g/mol. The average Bonchev–Trinajstić information content (AvgIpc) is 2.43. The van der Waals surface area contributed by atoms with E-state index in [0.717, 1.165) is 11.6 Å². The second kappa shape index (κ2) is 9.13. The maximum absolute atomic E-state index is 10.7. The van der Waals surface area contributed by atoms with Gasteiger partial charge in [-0.3, -0.25) is 0 Å². The molecule has 1 aromatic carbocycles. The monoisotopic (exact) mass is 266 g/mol. The van der Waals surface area contributed by atoms with E-state index in [1.165, 1.54) is 0 Å². The van der Waals surface area contributed by atoms with Crippen LogP contribution < -0.4 is 4.89 Å². The molecular weight excluding hydrogens is 248 g/mol. The zero-order valence-electron chi connectivity index (χ0n) is 11.0. The predicted molar refractivity (Wildman–Crippen MR) is 69.7 cm³/mol. The van der Waals surface area contributed by atoms with E-state index in [2.05, 4.69) is 6.58 Å². The van der Waals surface area contributed by atoms with Gasteiger partial charge in [0.05, 0.1) is 13.2 Å². The first-order valence-electron chi connectivity index (χ1n) is 5.95. The van der Waals surface area contributed by atoms with Crippen molar-refractivity contribution in [2.45, 2.75) is 6.92 Å². The van der Waals surface area contributed by atoms with Crippen molar-refractivity contribution in [3.8, 4) is 5.75 Å². The molecule has 19 heavy (non-hydrogen) atoms. The first-order chi connectivity index (χ1) is 9.22. The molecule has 0 saturated heterocycles. The molecule has 0 bridgehead atoms. The summed E-state index contributed by atoms with van der Waals surface area (Å²) in [5.41, 5.74) is 1.16. The van der Waals surface area contributed by atoms with Crippen molar-refractivity contribution in [3.63, 3.8) is 0 Å². The molecule has 0 aliphatic heterocycles. The zero-order chi connectivity index (χ0) is 13.9. The van der Waals surface area contributed by atoms with E-state index in [4.69, 9.17) is 19.2 Å². The lowest BCUT2D eigenvalue weighted by Gasteiger charge is -2.06. The molecule has 1 rings (SSSR count). The van der Waals surface area contributed by atoms with Gasteiger partial charge in [-0.1, -0.05) is 24.3 Å². The molecule has 5 nitrogen and oxygen atoms in total. The zero-order valence-corrected chi connectivity index (χ0v) is 11.0. The fraction of sp³-hybridized carbons (Fsp3) is 0.357. The smallest absolute Gasteiger partial charge is 0.330 e. The number of esters is 1. The number of ether oxygens (including phenoxy) is 2. The lowest BCUT2D eigenvalue weighted by Crippen LogP contribution is -2.12. The molecule has 0 unspecified atom stereocenters. The summed E-state index contributed by atoms with van der Waals surface area (Å²) in [4.78, 5) is 20.7. The third-order valence-electron chi connectivity index (χ3n) is 2.13. The summed E-state index contributed by atoms with van der Waals surface area (Å²) in [5, 5.41) is 0. The minimum atomic E-state index is -0.456. The van der Waals surface area contributed by atoms with Gasteiger partial charge < -0.3 is 14.4 Å². The third kappa shape index (κ3) is 7.23. The second-order valence-corrected chi connectivity index (χ2v) is 3.70. The van der Waals surface area contributed by atoms with Crippen molar-refractivity contribution in [2.75, 3.05) is 26.4 Å². The summed E-state index contributed by atoms with van der Waals surface area (Å²) in [6, 6.07) is 7.52. The number of hydrogen-bond donors (Lipinski definition) is 0. The van der Waals surface area contributed by atoms with Gasteiger partial charge in [0, 0.05) is 6.08 Å². The summed E-state index contributed by atoms with van der Waals surface area (Å²) in [6.45, 7) is 6.44. The molecule has 1 aromatic rings. The highest BCUT2D eigenvalue weighted by atomic mass is 17.2. The highest BCUT2D eigenvalue weighted by Gasteiger charge is 1.96. The lowest BCUT2D eigenvalue weighted by atomic mass is 10.2. The van der Waals surface area contributed by atoms with Crippen molar-refractivity contribution < 1.29 is 24.0 Å². The number of carbonyl (C=O) groups excluding carboxylic acids is 1. The van der Waals surface area contributed by atoms with E-state index in [1.807, 2.05) is 31.2 Å². The van der Waals surface area contributed by atoms with Gasteiger partial charge in [-0.2, -0.15) is 4.89 Å². The summed E-state index contributed by atoms with van der Waals surface area (Å²) < 4.78 is 9.89. The Bertz CT molecular complexity index is 385. The van der Waals surface area contributed by atoms with E-state index >= 15 is 0 Å². The topological polar surface area (TPSA) is 54.0 Å². The Morgan fingerprint density at radius 3 is 2.53 bits per heavy atom. The van der Waals surface area contributed by atoms with E-state index in [9.17, 15) is 4.79 Å². The Morgan fingerprint density at radius 2 is 1.84 bits per heavy atom. The van der Waals surface area contributed by atoms with Gasteiger partial charge in [-0.25, -0.2) is 4.79 Å². The molecule has 0 N–H and O–H groups in total. The maximum atomic E-state index is 10.7. The SMILES string of the molecule is C=CC(=O)OCCOCCOOc1ccc(C)cc1. The maximum Gasteiger partial charge on any atom is 0.330 e. The molecule has 0 saturated carbocycles. The lowest BCUT2D eigenvalue weighted by molar-refractivity contribution is -0.215. The van der Waals surface area contributed by atoms with Crippen LogP contribution in [0.3, 0.4) is 0 Å². The van der Waals surface area contributed by atoms with Crippen LogP contribution in [-0.2, 0) is 19.2 Å². The molecule has 5 heteroatoms. The number of aryl methyl sites for hydroxylation is 1. The summed E-state index contributed by atoms with van der Waals surface area (Å²) >= 11 is 0. The number of rotatable bonds is 9. The molecular formula is C14H18O5. The fourth-order valence-electron chi connectivity index (χ4n) is 1.16. The molecule has 0 aliphatic rings. The Morgan fingerprint density at radius 1 is 1.16 bits per heavy atom. The predicted octanol–water partition coefficient (Wildman–Crippen LogP) is 2.05. The van der Waals surface area contributed by atoms with Crippen LogP contribution in [0.15, 0.2) is 36.9 Å². The van der Waals surface area contributed by atoms with Crippen LogP contribution in [0, 0.1) is 6.92 Å². The van der Waals surface area contributed by atoms with Crippen molar-refractivity contribution in [2.24, 2.45) is 0 Å². The van der Waals surface area contributed by atoms with Gasteiger partial charge >= 0.3 is 5.97 Å². The van der Waals surface area contributed by atoms with E-state index < -0.39 is 5.97 Å². The highest BCUT2D eigenvalue weighted by molar-refractivity contribution is 5.81. The number of hydrogen-bond acceptors (Lipinski definition) is 5. The van der Waals surface area contributed by atoms with Crippen LogP contribution in [0.4, 0.5) is 0 Å². The summed E-state index contributed by atoms with van der Waals surface area (Å²) in [7, 11) is 0. The minimum absolute atomic E-state index is 0.198. The fourth-order valence-corrected chi connectivity index (χ4v) is 1.16. The van der Waals surface area contributed by atoms with E-state index in [1.54, 1.807) is 0 Å². The van der Waals surface area contributed by atoms with E-state index in [0.29, 0.717) is 25.6 Å². The normalized spacial score (nSPS) is 9.95. The quantitative estimate of drug-likeness (QED) is 0.225. The van der Waals surface area contributed by atoms with Crippen LogP contribution in [0.5, 0.6) is 5.75 Å². The largest absolute Gasteiger partial charge is 0.460 e. The minimum Gasteiger partial charge on any atom is -0.460 e. The molecule has 0 fully saturated rings. The van der Waals surface area contributed by atoms with Gasteiger partial charge in [0.1, 0.15) is 13.2 Å². The molecule has 0 spiro atoms. The summed E-state index contributed by atoms with van der Waals surface area (Å²) in [5.74, 6) is 0.188. The van der Waals surface area contributed by atoms with Gasteiger partial charge in [0.15, 0.2) is 5.75 Å².